The van der Waals surface area contributed by atoms with Crippen molar-refractivity contribution in [2.45, 2.75) is 25.4 Å². The van der Waals surface area contributed by atoms with Gasteiger partial charge in [0.15, 0.2) is 5.76 Å². The Bertz CT molecular complexity index is 626. The summed E-state index contributed by atoms with van der Waals surface area (Å²) in [5.41, 5.74) is 1.04. The molecule has 0 atom stereocenters. The number of amides is 1. The van der Waals surface area contributed by atoms with Gasteiger partial charge in [-0.2, -0.15) is 0 Å². The van der Waals surface area contributed by atoms with Crippen LogP contribution in [0.3, 0.4) is 0 Å². The minimum absolute atomic E-state index is 0.153. The predicted octanol–water partition coefficient (Wildman–Crippen LogP) is 2.93. The monoisotopic (exact) mass is 285 g/mol. The summed E-state index contributed by atoms with van der Waals surface area (Å²) in [6.45, 7) is 2.80. The highest BCUT2D eigenvalue weighted by molar-refractivity contribution is 5.98. The van der Waals surface area contributed by atoms with Crippen molar-refractivity contribution in [3.05, 3.63) is 48.4 Å². The fraction of sp³-hybridized carbons (Fsp3) is 0.353. The number of carbonyl (C=O) groups is 1. The van der Waals surface area contributed by atoms with Crippen molar-refractivity contribution in [2.75, 3.05) is 13.1 Å². The molecule has 1 fully saturated rings. The van der Waals surface area contributed by atoms with E-state index in [1.54, 1.807) is 11.0 Å². The van der Waals surface area contributed by atoms with Crippen molar-refractivity contribution in [3.63, 3.8) is 0 Å². The third kappa shape index (κ3) is 2.59. The Balaban J connectivity index is 1.77. The largest absolute Gasteiger partial charge is 0.459 e. The van der Waals surface area contributed by atoms with Gasteiger partial charge in [-0.25, -0.2) is 0 Å². The summed E-state index contributed by atoms with van der Waals surface area (Å²) in [5.74, 6) is 0.194. The van der Waals surface area contributed by atoms with Crippen molar-refractivity contribution < 1.29 is 14.3 Å². The van der Waals surface area contributed by atoms with E-state index in [1.165, 1.54) is 6.26 Å². The van der Waals surface area contributed by atoms with Crippen LogP contribution >= 0.6 is 0 Å². The van der Waals surface area contributed by atoms with Crippen molar-refractivity contribution in [1.29, 1.82) is 0 Å². The van der Waals surface area contributed by atoms with Crippen molar-refractivity contribution in [1.82, 2.24) is 4.90 Å². The lowest BCUT2D eigenvalue weighted by molar-refractivity contribution is -0.0867. The van der Waals surface area contributed by atoms with Crippen molar-refractivity contribution >= 4 is 5.91 Å². The van der Waals surface area contributed by atoms with Gasteiger partial charge in [0.05, 0.1) is 25.0 Å². The highest BCUT2D eigenvalue weighted by atomic mass is 16.3. The molecular formula is C17H19NO3. The molecule has 1 amide bonds. The number of aliphatic hydroxyl groups is 1. The van der Waals surface area contributed by atoms with Gasteiger partial charge in [0.1, 0.15) is 0 Å². The molecule has 3 rings (SSSR count). The van der Waals surface area contributed by atoms with Gasteiger partial charge in [-0.15, -0.1) is 0 Å². The van der Waals surface area contributed by atoms with Crippen LogP contribution in [0.2, 0.25) is 0 Å². The first-order chi connectivity index (χ1) is 10.1. The van der Waals surface area contributed by atoms with Crippen LogP contribution in [0.15, 0.2) is 47.1 Å². The Morgan fingerprint density at radius 1 is 1.29 bits per heavy atom. The van der Waals surface area contributed by atoms with Gasteiger partial charge >= 0.3 is 0 Å². The smallest absolute Gasteiger partial charge is 0.290 e. The molecule has 4 heteroatoms. The van der Waals surface area contributed by atoms with E-state index in [9.17, 15) is 9.90 Å². The average molecular weight is 285 g/mol. The number of carbonyl (C=O) groups excluding carboxylic acids is 1. The summed E-state index contributed by atoms with van der Waals surface area (Å²) in [6.07, 6.45) is 3.17. The Morgan fingerprint density at radius 3 is 2.67 bits per heavy atom. The highest BCUT2D eigenvalue weighted by Crippen LogP contribution is 2.31. The van der Waals surface area contributed by atoms with Crippen LogP contribution in [0.1, 0.15) is 30.3 Å². The number of hydrogen-bond donors (Lipinski definition) is 1. The molecule has 1 aliphatic rings. The van der Waals surface area contributed by atoms with E-state index in [4.69, 9.17) is 4.42 Å². The van der Waals surface area contributed by atoms with Crippen LogP contribution < -0.4 is 0 Å². The molecule has 0 bridgehead atoms. The molecule has 1 N–H and O–H groups in total. The number of hydrogen-bond acceptors (Lipinski definition) is 3. The molecule has 1 aliphatic heterocycles. The standard InChI is InChI=1S/C17H19NO3/c1-2-9-17(20)11-18(12-17)16(19)15-14(8-10-21-15)13-6-4-3-5-7-13/h3-8,10,20H,2,9,11-12H2,1H3. The Morgan fingerprint density at radius 2 is 2.00 bits per heavy atom. The lowest BCUT2D eigenvalue weighted by atomic mass is 9.89. The van der Waals surface area contributed by atoms with Gasteiger partial charge in [0.2, 0.25) is 0 Å². The minimum Gasteiger partial charge on any atom is -0.459 e. The molecule has 0 unspecified atom stereocenters. The Hall–Kier alpha value is -2.07. The fourth-order valence-corrected chi connectivity index (χ4v) is 2.89. The minimum atomic E-state index is -0.718. The molecule has 0 aliphatic carbocycles. The zero-order valence-electron chi connectivity index (χ0n) is 12.1. The van der Waals surface area contributed by atoms with E-state index >= 15 is 0 Å². The van der Waals surface area contributed by atoms with E-state index in [2.05, 4.69) is 0 Å². The second-order valence-corrected chi connectivity index (χ2v) is 5.66. The van der Waals surface area contributed by atoms with E-state index in [0.717, 1.165) is 24.0 Å². The van der Waals surface area contributed by atoms with E-state index in [1.807, 2.05) is 37.3 Å². The number of likely N-dealkylation sites (tertiary alicyclic amines) is 1. The van der Waals surface area contributed by atoms with E-state index < -0.39 is 5.60 Å². The molecule has 2 heterocycles. The fourth-order valence-electron chi connectivity index (χ4n) is 2.89. The Kier molecular flexibility index (Phi) is 3.55. The van der Waals surface area contributed by atoms with E-state index in [-0.39, 0.29) is 5.91 Å². The molecule has 0 radical (unpaired) electrons. The summed E-state index contributed by atoms with van der Waals surface area (Å²) < 4.78 is 5.39. The summed E-state index contributed by atoms with van der Waals surface area (Å²) >= 11 is 0. The first-order valence-electron chi connectivity index (χ1n) is 7.27. The lowest BCUT2D eigenvalue weighted by Crippen LogP contribution is -2.63. The molecule has 4 nitrogen and oxygen atoms in total. The normalized spacial score (nSPS) is 16.6. The SMILES string of the molecule is CCCC1(O)CN(C(=O)c2occc2-c2ccccc2)C1. The summed E-state index contributed by atoms with van der Waals surface area (Å²) in [7, 11) is 0. The number of β-amino-alcohol motifs (C(OH)–C–C–N with tert-alkyl or cyclic N) is 1. The number of nitrogens with zero attached hydrogens (tertiary/aromatic N) is 1. The molecule has 21 heavy (non-hydrogen) atoms. The summed E-state index contributed by atoms with van der Waals surface area (Å²) in [6, 6.07) is 11.5. The lowest BCUT2D eigenvalue weighted by Gasteiger charge is -2.46. The molecule has 110 valence electrons. The Labute approximate surface area is 124 Å². The van der Waals surface area contributed by atoms with Crippen LogP contribution in [0.25, 0.3) is 11.1 Å². The van der Waals surface area contributed by atoms with E-state index in [0.29, 0.717) is 18.8 Å². The number of furan rings is 1. The topological polar surface area (TPSA) is 53.7 Å². The van der Waals surface area contributed by atoms with Crippen LogP contribution in [0.4, 0.5) is 0 Å². The predicted molar refractivity (Wildman–Crippen MR) is 79.9 cm³/mol. The maximum absolute atomic E-state index is 12.5. The average Bonchev–Trinajstić information content (AvgIpc) is 2.94. The quantitative estimate of drug-likeness (QED) is 0.939. The van der Waals surface area contributed by atoms with Gasteiger partial charge < -0.3 is 14.4 Å². The van der Waals surface area contributed by atoms with Gasteiger partial charge in [-0.1, -0.05) is 43.7 Å². The van der Waals surface area contributed by atoms with Gasteiger partial charge in [0, 0.05) is 5.56 Å². The molecule has 1 aromatic heterocycles. The zero-order valence-corrected chi connectivity index (χ0v) is 12.1. The molecule has 1 aromatic carbocycles. The van der Waals surface area contributed by atoms with Crippen LogP contribution in [-0.4, -0.2) is 34.6 Å². The third-order valence-corrected chi connectivity index (χ3v) is 3.92. The number of benzene rings is 1. The van der Waals surface area contributed by atoms with Gasteiger partial charge in [-0.3, -0.25) is 4.79 Å². The molecule has 1 saturated heterocycles. The first kappa shape index (κ1) is 13.9. The van der Waals surface area contributed by atoms with Crippen LogP contribution in [0, 0.1) is 0 Å². The maximum Gasteiger partial charge on any atom is 0.290 e. The van der Waals surface area contributed by atoms with Crippen LogP contribution in [0.5, 0.6) is 0 Å². The zero-order chi connectivity index (χ0) is 14.9. The summed E-state index contributed by atoms with van der Waals surface area (Å²) in [5, 5.41) is 10.2. The molecule has 2 aromatic rings. The molecule has 0 spiro atoms. The highest BCUT2D eigenvalue weighted by Gasteiger charge is 2.44. The van der Waals surface area contributed by atoms with Crippen molar-refractivity contribution in [2.24, 2.45) is 0 Å². The third-order valence-electron chi connectivity index (χ3n) is 3.92. The van der Waals surface area contributed by atoms with Crippen molar-refractivity contribution in [3.8, 4) is 11.1 Å². The van der Waals surface area contributed by atoms with Gasteiger partial charge in [0.25, 0.3) is 5.91 Å². The molecule has 0 saturated carbocycles. The second kappa shape index (κ2) is 5.37. The number of rotatable bonds is 4. The summed E-state index contributed by atoms with van der Waals surface area (Å²) in [4.78, 5) is 14.1. The molecular weight excluding hydrogens is 266 g/mol. The second-order valence-electron chi connectivity index (χ2n) is 5.66. The maximum atomic E-state index is 12.5. The first-order valence-corrected chi connectivity index (χ1v) is 7.27. The van der Waals surface area contributed by atoms with Crippen LogP contribution in [-0.2, 0) is 0 Å². The van der Waals surface area contributed by atoms with Gasteiger partial charge in [-0.05, 0) is 18.1 Å².